The van der Waals surface area contributed by atoms with E-state index >= 15 is 0 Å². The number of hydrogen-bond acceptors (Lipinski definition) is 7. The van der Waals surface area contributed by atoms with Gasteiger partial charge in [-0.15, -0.1) is 0 Å². The highest BCUT2D eigenvalue weighted by atomic mass is 32.2. The Hall–Kier alpha value is -3.74. The van der Waals surface area contributed by atoms with Crippen LogP contribution in [0.15, 0.2) is 42.5 Å². The highest BCUT2D eigenvalue weighted by molar-refractivity contribution is 7.92. The van der Waals surface area contributed by atoms with Crippen LogP contribution < -0.4 is 14.4 Å². The third-order valence-corrected chi connectivity index (χ3v) is 8.05. The number of ether oxygens (including phenoxy) is 1. The summed E-state index contributed by atoms with van der Waals surface area (Å²) in [4.78, 5) is 39.3. The molecule has 1 saturated carbocycles. The van der Waals surface area contributed by atoms with Crippen LogP contribution in [0.1, 0.15) is 51.0 Å². The molecule has 0 spiro atoms. The molecule has 0 heterocycles. The molecule has 3 rings (SSSR count). The molecule has 1 aliphatic carbocycles. The van der Waals surface area contributed by atoms with Crippen LogP contribution in [0.4, 0.5) is 15.8 Å². The van der Waals surface area contributed by atoms with Gasteiger partial charge >= 0.3 is 0 Å². The van der Waals surface area contributed by atoms with Crippen LogP contribution in [0.2, 0.25) is 0 Å². The van der Waals surface area contributed by atoms with Crippen molar-refractivity contribution in [1.29, 1.82) is 0 Å². The first kappa shape index (κ1) is 30.8. The number of amides is 2. The molecule has 13 heteroatoms. The Morgan fingerprint density at radius 1 is 1.15 bits per heavy atom. The number of benzene rings is 2. The maximum absolute atomic E-state index is 13.9. The Kier molecular flexibility index (Phi) is 10.4. The van der Waals surface area contributed by atoms with Crippen LogP contribution in [-0.4, -0.2) is 62.0 Å². The first-order chi connectivity index (χ1) is 18.9. The summed E-state index contributed by atoms with van der Waals surface area (Å²) in [5, 5.41) is 14.4. The highest BCUT2D eigenvalue weighted by Gasteiger charge is 2.34. The molecule has 0 radical (unpaired) electrons. The van der Waals surface area contributed by atoms with Crippen molar-refractivity contribution in [2.45, 2.75) is 64.1 Å². The smallest absolute Gasteiger partial charge is 0.271 e. The molecule has 0 unspecified atom stereocenters. The number of carbonyl (C=O) groups is 2. The van der Waals surface area contributed by atoms with Crippen LogP contribution in [0, 0.1) is 15.9 Å². The number of nitro benzene ring substituents is 1. The molecule has 2 aromatic rings. The van der Waals surface area contributed by atoms with E-state index in [2.05, 4.69) is 5.32 Å². The average molecular weight is 579 g/mol. The monoisotopic (exact) mass is 578 g/mol. The second kappa shape index (κ2) is 13.6. The number of halogens is 1. The molecule has 1 aliphatic rings. The van der Waals surface area contributed by atoms with Gasteiger partial charge in [0.25, 0.3) is 5.69 Å². The molecular weight excluding hydrogens is 543 g/mol. The minimum absolute atomic E-state index is 0.0102. The van der Waals surface area contributed by atoms with Crippen molar-refractivity contribution in [3.8, 4) is 5.75 Å². The summed E-state index contributed by atoms with van der Waals surface area (Å²) in [5.41, 5.74) is -0.0372. The molecule has 0 aliphatic heterocycles. The molecule has 0 saturated heterocycles. The lowest BCUT2D eigenvalue weighted by Gasteiger charge is -2.34. The van der Waals surface area contributed by atoms with E-state index in [0.29, 0.717) is 5.56 Å². The fourth-order valence-corrected chi connectivity index (χ4v) is 5.68. The average Bonchev–Trinajstić information content (AvgIpc) is 2.92. The summed E-state index contributed by atoms with van der Waals surface area (Å²) in [6, 6.07) is 7.92. The van der Waals surface area contributed by atoms with E-state index in [9.17, 15) is 32.5 Å². The highest BCUT2D eigenvalue weighted by Crippen LogP contribution is 2.34. The zero-order chi connectivity index (χ0) is 29.4. The van der Waals surface area contributed by atoms with Gasteiger partial charge in [-0.05, 0) is 43.0 Å². The van der Waals surface area contributed by atoms with Gasteiger partial charge in [-0.25, -0.2) is 12.8 Å². The van der Waals surface area contributed by atoms with E-state index in [1.165, 1.54) is 42.3 Å². The maximum atomic E-state index is 13.9. The zero-order valence-electron chi connectivity index (χ0n) is 22.8. The van der Waals surface area contributed by atoms with Gasteiger partial charge < -0.3 is 15.0 Å². The Labute approximate surface area is 233 Å². The molecule has 0 bridgehead atoms. The number of hydrogen-bond donors (Lipinski definition) is 1. The SMILES string of the molecule is CC[C@H](C(=O)NC1CCCCC1)N(Cc1ccc(F)cc1)C(=O)CN(c1cc([N+](=O)[O-])ccc1OC)S(C)(=O)=O. The predicted molar refractivity (Wildman–Crippen MR) is 148 cm³/mol. The Morgan fingerprint density at radius 3 is 2.35 bits per heavy atom. The van der Waals surface area contributed by atoms with Gasteiger partial charge in [0.15, 0.2) is 0 Å². The van der Waals surface area contributed by atoms with Crippen molar-refractivity contribution in [3.63, 3.8) is 0 Å². The van der Waals surface area contributed by atoms with Crippen molar-refractivity contribution in [1.82, 2.24) is 10.2 Å². The van der Waals surface area contributed by atoms with Crippen molar-refractivity contribution >= 4 is 33.2 Å². The molecule has 2 amide bonds. The maximum Gasteiger partial charge on any atom is 0.271 e. The van der Waals surface area contributed by atoms with E-state index in [0.717, 1.165) is 54.8 Å². The molecule has 2 aromatic carbocycles. The summed E-state index contributed by atoms with van der Waals surface area (Å²) in [6.07, 6.45) is 5.87. The second-order valence-corrected chi connectivity index (χ2v) is 11.7. The lowest BCUT2D eigenvalue weighted by molar-refractivity contribution is -0.384. The topological polar surface area (TPSA) is 139 Å². The molecule has 11 nitrogen and oxygen atoms in total. The predicted octanol–water partition coefficient (Wildman–Crippen LogP) is 3.76. The molecular formula is C27H35FN4O7S. The number of nitrogens with one attached hydrogen (secondary N) is 1. The fraction of sp³-hybridized carbons (Fsp3) is 0.481. The van der Waals surface area contributed by atoms with Gasteiger partial charge in [-0.2, -0.15) is 0 Å². The Morgan fingerprint density at radius 2 is 1.80 bits per heavy atom. The summed E-state index contributed by atoms with van der Waals surface area (Å²) < 4.78 is 45.3. The number of non-ortho nitro benzene ring substituents is 1. The van der Waals surface area contributed by atoms with Crippen LogP contribution in [0.3, 0.4) is 0 Å². The lowest BCUT2D eigenvalue weighted by atomic mass is 9.95. The number of anilines is 1. The fourth-order valence-electron chi connectivity index (χ4n) is 4.83. The van der Waals surface area contributed by atoms with Gasteiger partial charge in [0.05, 0.1) is 18.3 Å². The van der Waals surface area contributed by atoms with Gasteiger partial charge in [0.2, 0.25) is 21.8 Å². The van der Waals surface area contributed by atoms with Crippen molar-refractivity contribution in [2.75, 3.05) is 24.2 Å². The number of sulfonamides is 1. The largest absolute Gasteiger partial charge is 0.495 e. The third kappa shape index (κ3) is 7.90. The first-order valence-electron chi connectivity index (χ1n) is 13.1. The lowest BCUT2D eigenvalue weighted by Crippen LogP contribution is -2.54. The van der Waals surface area contributed by atoms with E-state index in [-0.39, 0.29) is 36.4 Å². The van der Waals surface area contributed by atoms with Gasteiger partial charge in [-0.3, -0.25) is 24.0 Å². The third-order valence-electron chi connectivity index (χ3n) is 6.92. The van der Waals surface area contributed by atoms with Crippen molar-refractivity contribution in [3.05, 3.63) is 64.0 Å². The van der Waals surface area contributed by atoms with Crippen LogP contribution in [-0.2, 0) is 26.2 Å². The second-order valence-electron chi connectivity index (χ2n) is 9.80. The minimum Gasteiger partial charge on any atom is -0.495 e. The minimum atomic E-state index is -4.14. The van der Waals surface area contributed by atoms with Gasteiger partial charge in [0, 0.05) is 24.7 Å². The normalized spacial score (nSPS) is 14.7. The van der Waals surface area contributed by atoms with E-state index in [4.69, 9.17) is 4.74 Å². The molecule has 1 fully saturated rings. The number of nitro groups is 1. The van der Waals surface area contributed by atoms with Crippen molar-refractivity contribution in [2.24, 2.45) is 0 Å². The molecule has 1 N–H and O–H groups in total. The summed E-state index contributed by atoms with van der Waals surface area (Å²) in [5.74, 6) is -1.53. The van der Waals surface area contributed by atoms with Crippen LogP contribution >= 0.6 is 0 Å². The summed E-state index contributed by atoms with van der Waals surface area (Å²) in [6.45, 7) is 0.915. The number of nitrogens with zero attached hydrogens (tertiary/aromatic N) is 3. The number of carbonyl (C=O) groups excluding carboxylic acids is 2. The molecule has 218 valence electrons. The number of methoxy groups -OCH3 is 1. The summed E-state index contributed by atoms with van der Waals surface area (Å²) in [7, 11) is -2.87. The first-order valence-corrected chi connectivity index (χ1v) is 14.9. The molecule has 0 aromatic heterocycles. The number of rotatable bonds is 12. The summed E-state index contributed by atoms with van der Waals surface area (Å²) >= 11 is 0. The van der Waals surface area contributed by atoms with E-state index in [1.54, 1.807) is 6.92 Å². The molecule has 40 heavy (non-hydrogen) atoms. The Balaban J connectivity index is 1.99. The zero-order valence-corrected chi connectivity index (χ0v) is 23.7. The van der Waals surface area contributed by atoms with E-state index in [1.807, 2.05) is 0 Å². The van der Waals surface area contributed by atoms with Crippen LogP contribution in [0.5, 0.6) is 5.75 Å². The quantitative estimate of drug-likeness (QED) is 0.299. The van der Waals surface area contributed by atoms with Gasteiger partial charge in [0.1, 0.15) is 29.8 Å². The van der Waals surface area contributed by atoms with Crippen molar-refractivity contribution < 1.29 is 32.1 Å². The molecule has 1 atom stereocenters. The standard InChI is InChI=1S/C27H35FN4O7S/c1-4-23(27(34)29-21-8-6-5-7-9-21)30(17-19-10-12-20(28)13-11-19)26(33)18-31(40(3,37)38)24-16-22(32(35)36)14-15-25(24)39-2/h10-16,21,23H,4-9,17-18H2,1-3H3,(H,29,34)/t23-/m1/s1. The van der Waals surface area contributed by atoms with Gasteiger partial charge in [-0.1, -0.05) is 38.3 Å². The van der Waals surface area contributed by atoms with E-state index < -0.39 is 44.9 Å². The Bertz CT molecular complexity index is 1310. The van der Waals surface area contributed by atoms with Crippen LogP contribution in [0.25, 0.3) is 0 Å².